The van der Waals surface area contributed by atoms with Crippen LogP contribution in [0.1, 0.15) is 32.9 Å². The van der Waals surface area contributed by atoms with Crippen molar-refractivity contribution < 1.29 is 19.8 Å². The van der Waals surface area contributed by atoms with Crippen LogP contribution in [0.5, 0.6) is 0 Å². The summed E-state index contributed by atoms with van der Waals surface area (Å²) < 4.78 is 0. The van der Waals surface area contributed by atoms with Crippen molar-refractivity contribution in [2.45, 2.75) is 0 Å². The Kier molecular flexibility index (Phi) is 4.26. The summed E-state index contributed by atoms with van der Waals surface area (Å²) in [6, 6.07) is 23.8. The lowest BCUT2D eigenvalue weighted by Crippen LogP contribution is -2.11. The molecule has 0 unspecified atom stereocenters. The zero-order valence-corrected chi connectivity index (χ0v) is 16.2. The maximum absolute atomic E-state index is 11.9. The number of hydrogen-bond acceptors (Lipinski definition) is 3. The number of aromatic nitrogens is 1. The normalized spacial score (nSPS) is 14.3. The van der Waals surface area contributed by atoms with Crippen molar-refractivity contribution >= 4 is 39.7 Å². The molecule has 0 fully saturated rings. The van der Waals surface area contributed by atoms with Crippen LogP contribution in [0.4, 0.5) is 0 Å². The lowest BCUT2D eigenvalue weighted by atomic mass is 9.94. The Labute approximate surface area is 176 Å². The lowest BCUT2D eigenvalue weighted by Gasteiger charge is -2.11. The largest absolute Gasteiger partial charge is 0.477 e. The molecular formula is C25H16N2O4. The molecule has 0 spiro atoms. The summed E-state index contributed by atoms with van der Waals surface area (Å²) in [6.45, 7) is 0. The van der Waals surface area contributed by atoms with Crippen LogP contribution in [-0.4, -0.2) is 32.8 Å². The number of nitrogens with zero attached hydrogens (tertiary/aromatic N) is 1. The van der Waals surface area contributed by atoms with Crippen LogP contribution in [0.2, 0.25) is 0 Å². The molecular weight excluding hydrogens is 392 g/mol. The van der Waals surface area contributed by atoms with E-state index in [4.69, 9.17) is 0 Å². The molecule has 31 heavy (non-hydrogen) atoms. The van der Waals surface area contributed by atoms with Gasteiger partial charge >= 0.3 is 11.9 Å². The van der Waals surface area contributed by atoms with E-state index >= 15 is 0 Å². The quantitative estimate of drug-likeness (QED) is 0.457. The third-order valence-corrected chi connectivity index (χ3v) is 5.34. The van der Waals surface area contributed by atoms with Crippen LogP contribution >= 0.6 is 0 Å². The standard InChI is InChI=1S/C25H16N2O4/c28-24(29)22-17-12-6-4-10-15(17)20(26-22)19(14-8-2-1-3-9-14)21-16-11-5-7-13-18(16)23(27-21)25(30)31/h1-13,26H,(H,28,29)(H,30,31)/b21-19+. The summed E-state index contributed by atoms with van der Waals surface area (Å²) in [6.07, 6.45) is 0. The molecule has 1 aliphatic heterocycles. The number of aromatic amines is 1. The highest BCUT2D eigenvalue weighted by molar-refractivity contribution is 6.46. The number of aromatic carboxylic acids is 1. The van der Waals surface area contributed by atoms with Gasteiger partial charge in [0.1, 0.15) is 5.69 Å². The monoisotopic (exact) mass is 408 g/mol. The number of fused-ring (bicyclic) bond motifs is 2. The number of carboxylic acid groups (broad SMARTS) is 2. The predicted octanol–water partition coefficient (Wildman–Crippen LogP) is 4.67. The van der Waals surface area contributed by atoms with E-state index < -0.39 is 11.9 Å². The maximum Gasteiger partial charge on any atom is 0.355 e. The average Bonchev–Trinajstić information content (AvgIpc) is 3.35. The summed E-state index contributed by atoms with van der Waals surface area (Å²) >= 11 is 0. The Balaban J connectivity index is 1.93. The van der Waals surface area contributed by atoms with Gasteiger partial charge in [-0.05, 0) is 5.56 Å². The van der Waals surface area contributed by atoms with E-state index in [9.17, 15) is 19.8 Å². The van der Waals surface area contributed by atoms with Gasteiger partial charge in [-0.1, -0.05) is 78.9 Å². The number of carbonyl (C=O) groups is 2. The molecule has 0 radical (unpaired) electrons. The SMILES string of the molecule is O=C(O)C1=N/C(=C(\c2ccccc2)c2[nH]c(C(=O)O)c3ccccc23)c2ccccc21. The first kappa shape index (κ1) is 18.6. The van der Waals surface area contributed by atoms with E-state index in [1.807, 2.05) is 54.6 Å². The van der Waals surface area contributed by atoms with Gasteiger partial charge in [0, 0.05) is 27.5 Å². The number of H-pyrrole nitrogens is 1. The first-order chi connectivity index (χ1) is 15.1. The molecule has 0 bridgehead atoms. The van der Waals surface area contributed by atoms with Crippen LogP contribution in [0.15, 0.2) is 83.9 Å². The van der Waals surface area contributed by atoms with Gasteiger partial charge in [-0.3, -0.25) is 0 Å². The Bertz CT molecular complexity index is 1430. The van der Waals surface area contributed by atoms with Crippen LogP contribution in [0.25, 0.3) is 22.0 Å². The first-order valence-electron chi connectivity index (χ1n) is 9.62. The van der Waals surface area contributed by atoms with Crippen molar-refractivity contribution in [1.29, 1.82) is 0 Å². The van der Waals surface area contributed by atoms with Crippen LogP contribution in [0, 0.1) is 0 Å². The second-order valence-electron chi connectivity index (χ2n) is 7.13. The topological polar surface area (TPSA) is 103 Å². The number of benzene rings is 3. The molecule has 5 rings (SSSR count). The summed E-state index contributed by atoms with van der Waals surface area (Å²) in [5.41, 5.74) is 3.78. The number of aliphatic carboxylic acids is 1. The second-order valence-corrected chi connectivity index (χ2v) is 7.13. The van der Waals surface area contributed by atoms with Crippen molar-refractivity contribution in [3.8, 4) is 0 Å². The summed E-state index contributed by atoms with van der Waals surface area (Å²) in [7, 11) is 0. The Hall–Kier alpha value is -4.45. The highest BCUT2D eigenvalue weighted by atomic mass is 16.4. The van der Waals surface area contributed by atoms with Crippen LogP contribution < -0.4 is 0 Å². The third-order valence-electron chi connectivity index (χ3n) is 5.34. The van der Waals surface area contributed by atoms with Crippen molar-refractivity contribution in [3.63, 3.8) is 0 Å². The Morgan fingerprint density at radius 3 is 1.90 bits per heavy atom. The zero-order valence-electron chi connectivity index (χ0n) is 16.2. The van der Waals surface area contributed by atoms with Gasteiger partial charge in [0.2, 0.25) is 0 Å². The van der Waals surface area contributed by atoms with Crippen molar-refractivity contribution in [1.82, 2.24) is 4.98 Å². The molecule has 0 amide bonds. The molecule has 6 nitrogen and oxygen atoms in total. The number of aliphatic imine (C=N–C) groups is 1. The van der Waals surface area contributed by atoms with Gasteiger partial charge in [0.05, 0.1) is 11.4 Å². The smallest absolute Gasteiger partial charge is 0.355 e. The molecule has 0 saturated carbocycles. The minimum Gasteiger partial charge on any atom is -0.477 e. The van der Waals surface area contributed by atoms with Gasteiger partial charge in [0.25, 0.3) is 0 Å². The minimum absolute atomic E-state index is 0.0339. The highest BCUT2D eigenvalue weighted by Crippen LogP contribution is 2.41. The summed E-state index contributed by atoms with van der Waals surface area (Å²) in [5, 5.41) is 20.7. The van der Waals surface area contributed by atoms with E-state index in [0.29, 0.717) is 33.5 Å². The fourth-order valence-electron chi connectivity index (χ4n) is 4.03. The van der Waals surface area contributed by atoms with E-state index in [1.165, 1.54) is 0 Å². The second kappa shape index (κ2) is 7.11. The van der Waals surface area contributed by atoms with Gasteiger partial charge in [-0.2, -0.15) is 0 Å². The third kappa shape index (κ3) is 2.93. The van der Waals surface area contributed by atoms with E-state index in [1.54, 1.807) is 24.3 Å². The fraction of sp³-hybridized carbons (Fsp3) is 0. The number of rotatable bonds is 4. The molecule has 4 aromatic rings. The maximum atomic E-state index is 11.9. The molecule has 2 heterocycles. The van der Waals surface area contributed by atoms with Gasteiger partial charge in [-0.25, -0.2) is 14.6 Å². The number of hydrogen-bond donors (Lipinski definition) is 3. The molecule has 6 heteroatoms. The average molecular weight is 408 g/mol. The Morgan fingerprint density at radius 2 is 1.26 bits per heavy atom. The molecule has 1 aromatic heterocycles. The molecule has 1 aliphatic rings. The zero-order chi connectivity index (χ0) is 21.5. The predicted molar refractivity (Wildman–Crippen MR) is 118 cm³/mol. The van der Waals surface area contributed by atoms with Crippen molar-refractivity contribution in [3.05, 3.63) is 107 Å². The van der Waals surface area contributed by atoms with E-state index in [2.05, 4.69) is 9.98 Å². The lowest BCUT2D eigenvalue weighted by molar-refractivity contribution is -0.129. The summed E-state index contributed by atoms with van der Waals surface area (Å²) in [5.74, 6) is -2.18. The highest BCUT2D eigenvalue weighted by Gasteiger charge is 2.29. The number of nitrogens with one attached hydrogen (secondary N) is 1. The van der Waals surface area contributed by atoms with E-state index in [0.717, 1.165) is 10.9 Å². The molecule has 3 aromatic carbocycles. The van der Waals surface area contributed by atoms with Crippen molar-refractivity contribution in [2.24, 2.45) is 4.99 Å². The summed E-state index contributed by atoms with van der Waals surface area (Å²) in [4.78, 5) is 31.3. The minimum atomic E-state index is -1.11. The number of carboxylic acids is 2. The Morgan fingerprint density at radius 1 is 0.677 bits per heavy atom. The molecule has 3 N–H and O–H groups in total. The van der Waals surface area contributed by atoms with Gasteiger partial charge < -0.3 is 15.2 Å². The van der Waals surface area contributed by atoms with E-state index in [-0.39, 0.29) is 11.4 Å². The molecule has 150 valence electrons. The fourth-order valence-corrected chi connectivity index (χ4v) is 4.03. The van der Waals surface area contributed by atoms with Crippen LogP contribution in [-0.2, 0) is 4.79 Å². The first-order valence-corrected chi connectivity index (χ1v) is 9.62. The van der Waals surface area contributed by atoms with Crippen molar-refractivity contribution in [2.75, 3.05) is 0 Å². The van der Waals surface area contributed by atoms with Gasteiger partial charge in [0.15, 0.2) is 5.71 Å². The molecule has 0 saturated heterocycles. The van der Waals surface area contributed by atoms with Crippen LogP contribution in [0.3, 0.4) is 0 Å². The van der Waals surface area contributed by atoms with Gasteiger partial charge in [-0.15, -0.1) is 0 Å². The molecule has 0 atom stereocenters. The molecule has 0 aliphatic carbocycles.